The van der Waals surface area contributed by atoms with Crippen LogP contribution < -0.4 is 21.3 Å². The zero-order chi connectivity index (χ0) is 35.4. The van der Waals surface area contributed by atoms with Crippen molar-refractivity contribution in [1.29, 1.82) is 0 Å². The largest absolute Gasteiger partial charge is 0.481 e. The van der Waals surface area contributed by atoms with Crippen LogP contribution in [0.1, 0.15) is 20.8 Å². The Balaban J connectivity index is 0. The van der Waals surface area contributed by atoms with Crippen molar-refractivity contribution in [3.8, 4) is 0 Å². The average molecular weight is 725 g/mol. The lowest BCUT2D eigenvalue weighted by atomic mass is 10.2. The molecule has 46 heavy (non-hydrogen) atoms. The number of nitrogens with zero attached hydrogens (tertiary/aromatic N) is 9. The molecule has 4 N–H and O–H groups in total. The molecular weight excluding hydrogens is 690 g/mol. The van der Waals surface area contributed by atoms with Gasteiger partial charge in [-0.3, -0.25) is 24.4 Å². The van der Waals surface area contributed by atoms with Gasteiger partial charge >= 0.3 is 11.9 Å². The highest BCUT2D eigenvalue weighted by molar-refractivity contribution is 9.09. The Hall–Kier alpha value is -5.13. The standard InChI is InChI=1S/C18H22N4O2Si.C3H5N3O2.C2H3BrO2.C2H4N4O2/c1-18(2,3)25(15-10-6-4-7-11-15,16-12-8-5-9-13-16)24-21-17(23)14-20-22-19;1-8-3(7)2-5-6-4;3-1-2(4)5;3-6-4-1-2(7)5-8/h4-13H,14H2,1-3H3,(H,21,23);2H2,1H3;1H2,(H,4,5);8H,1H2,(H,5,7). The SMILES string of the molecule is CC(C)(C)[Si](ONC(=O)CN=[N+]=[N-])(c1ccccc1)c1ccccc1.COC(=O)CN=[N+]=[N-].O=C(O)CBr.[N-]=[N+]=NCC(=O)NO. The highest BCUT2D eigenvalue weighted by atomic mass is 79.9. The lowest BCUT2D eigenvalue weighted by Crippen LogP contribution is -2.68. The summed E-state index contributed by atoms with van der Waals surface area (Å²) in [5.41, 5.74) is 27.5. The number of azide groups is 3. The summed E-state index contributed by atoms with van der Waals surface area (Å²) >= 11 is 2.71. The van der Waals surface area contributed by atoms with Crippen LogP contribution in [0, 0.1) is 0 Å². The van der Waals surface area contributed by atoms with Crippen molar-refractivity contribution in [2.45, 2.75) is 25.8 Å². The van der Waals surface area contributed by atoms with E-state index in [1.807, 2.05) is 60.7 Å². The van der Waals surface area contributed by atoms with Gasteiger partial charge in [0.05, 0.1) is 7.11 Å². The van der Waals surface area contributed by atoms with Gasteiger partial charge in [0.15, 0.2) is 0 Å². The molecule has 0 aliphatic rings. The zero-order valence-corrected chi connectivity index (χ0v) is 27.9. The number of hydrogen-bond acceptors (Lipinski definition) is 10. The van der Waals surface area contributed by atoms with Crippen LogP contribution in [0.15, 0.2) is 76.0 Å². The first-order chi connectivity index (χ1) is 21.8. The number of amides is 2. The Bertz CT molecular complexity index is 1310. The molecule has 0 aliphatic heterocycles. The van der Waals surface area contributed by atoms with E-state index in [9.17, 15) is 19.2 Å². The summed E-state index contributed by atoms with van der Waals surface area (Å²) in [7, 11) is -1.59. The zero-order valence-electron chi connectivity index (χ0n) is 25.3. The van der Waals surface area contributed by atoms with E-state index in [4.69, 9.17) is 31.4 Å². The maximum absolute atomic E-state index is 12.0. The number of hydrogen-bond donors (Lipinski definition) is 4. The van der Waals surface area contributed by atoms with Crippen LogP contribution in [-0.2, 0) is 28.4 Å². The number of alkyl halides is 1. The number of carboxylic acids is 1. The van der Waals surface area contributed by atoms with Crippen LogP contribution in [0.2, 0.25) is 5.04 Å². The molecule has 0 spiro atoms. The third-order valence-electron chi connectivity index (χ3n) is 5.02. The number of nitrogens with one attached hydrogen (secondary N) is 2. The second-order valence-electron chi connectivity index (χ2n) is 9.10. The van der Waals surface area contributed by atoms with E-state index >= 15 is 0 Å². The summed E-state index contributed by atoms with van der Waals surface area (Å²) in [6.07, 6.45) is 0. The molecule has 2 aromatic rings. The van der Waals surface area contributed by atoms with E-state index in [-0.39, 0.29) is 30.0 Å². The summed E-state index contributed by atoms with van der Waals surface area (Å²) in [5, 5.41) is 26.4. The minimum absolute atomic E-state index is 0.0347. The van der Waals surface area contributed by atoms with Gasteiger partial charge in [-0.25, -0.2) is 11.0 Å². The van der Waals surface area contributed by atoms with Gasteiger partial charge in [-0.1, -0.05) is 113 Å². The van der Waals surface area contributed by atoms with Gasteiger partial charge in [0.2, 0.25) is 11.8 Å². The first kappa shape index (κ1) is 43.0. The highest BCUT2D eigenvalue weighted by Crippen LogP contribution is 2.36. The summed E-state index contributed by atoms with van der Waals surface area (Å²) in [6.45, 7) is 5.44. The lowest BCUT2D eigenvalue weighted by molar-refractivity contribution is -0.139. The summed E-state index contributed by atoms with van der Waals surface area (Å²) < 4.78 is 10.3. The smallest absolute Gasteiger partial charge is 0.314 e. The van der Waals surface area contributed by atoms with Crippen LogP contribution >= 0.6 is 15.9 Å². The molecule has 0 atom stereocenters. The van der Waals surface area contributed by atoms with Gasteiger partial charge in [0, 0.05) is 14.7 Å². The van der Waals surface area contributed by atoms with E-state index in [0.717, 1.165) is 10.4 Å². The molecule has 248 valence electrons. The number of halogens is 1. The van der Waals surface area contributed by atoms with E-state index in [0.29, 0.717) is 0 Å². The minimum Gasteiger partial charge on any atom is -0.481 e. The van der Waals surface area contributed by atoms with Crippen molar-refractivity contribution in [2.75, 3.05) is 32.1 Å². The summed E-state index contributed by atoms with van der Waals surface area (Å²) in [6, 6.07) is 19.9. The predicted molar refractivity (Wildman–Crippen MR) is 172 cm³/mol. The second kappa shape index (κ2) is 25.2. The molecule has 21 heteroatoms. The molecule has 0 aliphatic carbocycles. The van der Waals surface area contributed by atoms with Crippen molar-refractivity contribution in [1.82, 2.24) is 11.0 Å². The first-order valence-corrected chi connectivity index (χ1v) is 15.7. The number of ether oxygens (including phenoxy) is 1. The number of benzene rings is 2. The lowest BCUT2D eigenvalue weighted by Gasteiger charge is -2.41. The van der Waals surface area contributed by atoms with Crippen LogP contribution in [0.3, 0.4) is 0 Å². The fourth-order valence-electron chi connectivity index (χ4n) is 3.20. The molecule has 0 saturated carbocycles. The predicted octanol–water partition coefficient (Wildman–Crippen LogP) is 3.64. The number of hydroxylamine groups is 2. The normalized spacial score (nSPS) is 9.52. The first-order valence-electron chi connectivity index (χ1n) is 12.7. The molecule has 0 saturated heterocycles. The number of methoxy groups -OCH3 is 1. The molecule has 2 rings (SSSR count). The number of carbonyl (C=O) groups is 4. The van der Waals surface area contributed by atoms with Crippen LogP contribution in [0.5, 0.6) is 0 Å². The molecule has 19 nitrogen and oxygen atoms in total. The quantitative estimate of drug-likeness (QED) is 0.0387. The second-order valence-corrected chi connectivity index (χ2v) is 13.9. The topological polar surface area (TPSA) is 298 Å². The molecule has 0 unspecified atom stereocenters. The Morgan fingerprint density at radius 1 is 0.826 bits per heavy atom. The maximum Gasteiger partial charge on any atom is 0.314 e. The fourth-order valence-corrected chi connectivity index (χ4v) is 7.39. The summed E-state index contributed by atoms with van der Waals surface area (Å²) in [4.78, 5) is 48.5. The molecular formula is C25H34BrN11O8Si. The Morgan fingerprint density at radius 2 is 1.22 bits per heavy atom. The Morgan fingerprint density at radius 3 is 1.54 bits per heavy atom. The third kappa shape index (κ3) is 17.9. The van der Waals surface area contributed by atoms with Gasteiger partial charge in [-0.05, 0) is 32.0 Å². The van der Waals surface area contributed by atoms with Crippen LogP contribution in [-0.4, -0.2) is 74.5 Å². The highest BCUT2D eigenvalue weighted by Gasteiger charge is 2.51. The van der Waals surface area contributed by atoms with Crippen LogP contribution in [0.25, 0.3) is 31.3 Å². The molecule has 0 fully saturated rings. The Labute approximate surface area is 272 Å². The maximum atomic E-state index is 12.0. The van der Waals surface area contributed by atoms with Gasteiger partial charge in [-0.15, -0.1) is 0 Å². The average Bonchev–Trinajstić information content (AvgIpc) is 3.06. The van der Waals surface area contributed by atoms with Crippen molar-refractivity contribution >= 4 is 58.4 Å². The molecule has 2 amide bonds. The molecule has 0 bridgehead atoms. The van der Waals surface area contributed by atoms with Gasteiger partial charge in [0.1, 0.15) is 25.0 Å². The monoisotopic (exact) mass is 723 g/mol. The third-order valence-corrected chi connectivity index (χ3v) is 10.3. The Kier molecular flexibility index (Phi) is 23.6. The van der Waals surface area contributed by atoms with Crippen LogP contribution in [0.4, 0.5) is 0 Å². The van der Waals surface area contributed by atoms with Crippen molar-refractivity contribution < 1.29 is 38.8 Å². The molecule has 0 aromatic heterocycles. The van der Waals surface area contributed by atoms with Crippen molar-refractivity contribution in [3.63, 3.8) is 0 Å². The number of carbonyl (C=O) groups excluding carboxylic acids is 3. The van der Waals surface area contributed by atoms with Crippen molar-refractivity contribution in [2.24, 2.45) is 15.3 Å². The number of carboxylic acid groups (broad SMARTS) is 1. The minimum atomic E-state index is -2.82. The molecule has 2 aromatic carbocycles. The van der Waals surface area contributed by atoms with E-state index in [2.05, 4.69) is 77.0 Å². The number of aliphatic carboxylic acids is 1. The summed E-state index contributed by atoms with van der Waals surface area (Å²) in [5.74, 6) is -2.54. The van der Waals surface area contributed by atoms with Gasteiger partial charge < -0.3 is 14.4 Å². The molecule has 0 heterocycles. The number of esters is 1. The van der Waals surface area contributed by atoms with E-state index in [1.54, 1.807) is 0 Å². The van der Waals surface area contributed by atoms with Crippen molar-refractivity contribution in [3.05, 3.63) is 92.0 Å². The molecule has 0 radical (unpaired) electrons. The van der Waals surface area contributed by atoms with Gasteiger partial charge in [-0.2, -0.15) is 0 Å². The fraction of sp³-hybridized carbons (Fsp3) is 0.360. The van der Waals surface area contributed by atoms with E-state index < -0.39 is 32.1 Å². The number of rotatable bonds is 11. The van der Waals surface area contributed by atoms with Gasteiger partial charge in [0.25, 0.3) is 8.32 Å². The van der Waals surface area contributed by atoms with E-state index in [1.165, 1.54) is 12.6 Å².